The van der Waals surface area contributed by atoms with Crippen molar-refractivity contribution in [1.82, 2.24) is 5.32 Å². The molecule has 0 radical (unpaired) electrons. The highest BCUT2D eigenvalue weighted by Gasteiger charge is 2.54. The lowest BCUT2D eigenvalue weighted by Gasteiger charge is -2.51. The second-order valence-electron chi connectivity index (χ2n) is 14.3. The second-order valence-corrected chi connectivity index (χ2v) is 14.3. The van der Waals surface area contributed by atoms with Gasteiger partial charge in [0.15, 0.2) is 12.6 Å². The van der Waals surface area contributed by atoms with Gasteiger partial charge in [-0.1, -0.05) is 121 Å². The van der Waals surface area contributed by atoms with E-state index in [9.17, 15) is 9.90 Å². The Kier molecular flexibility index (Phi) is 13.7. The summed E-state index contributed by atoms with van der Waals surface area (Å²) < 4.78 is 51.8. The van der Waals surface area contributed by atoms with Crippen LogP contribution in [0.15, 0.2) is 121 Å². The standard InChI is InChI=1S/C44H51NO10/c1-29(46)45-37-41(50-25-31-17-9-4-10-18-31)40(36(54-44(37)48-2)28-49-24-30-15-7-3-8-16-30)53-35-23-34-27-52-43(33-21-13-6-14-22-33)55-39(34)42(38(35)47)51-26-32-19-11-5-12-20-32/h3-22,34-44,47H,23-28H2,1-2H3,(H,45,46)/t34-,35-,36-,37-,38+,39-,40-,41-,42-,43-,44-/m1/s1. The molecule has 0 unspecified atom stereocenters. The highest BCUT2D eigenvalue weighted by molar-refractivity contribution is 5.73. The number of amides is 1. The van der Waals surface area contributed by atoms with E-state index in [4.69, 9.17) is 37.9 Å². The van der Waals surface area contributed by atoms with Gasteiger partial charge in [-0.05, 0) is 23.1 Å². The first-order valence-electron chi connectivity index (χ1n) is 19.0. The van der Waals surface area contributed by atoms with Crippen molar-refractivity contribution in [1.29, 1.82) is 0 Å². The molecule has 11 heteroatoms. The number of aliphatic hydroxyl groups excluding tert-OH is 1. The zero-order valence-electron chi connectivity index (χ0n) is 31.3. The molecule has 11 nitrogen and oxygen atoms in total. The minimum atomic E-state index is -1.10. The monoisotopic (exact) mass is 753 g/mol. The lowest BCUT2D eigenvalue weighted by molar-refractivity contribution is -0.324. The van der Waals surface area contributed by atoms with Gasteiger partial charge in [-0.25, -0.2) is 0 Å². The van der Waals surface area contributed by atoms with Gasteiger partial charge >= 0.3 is 0 Å². The zero-order chi connectivity index (χ0) is 38.0. The topological polar surface area (TPSA) is 123 Å². The molecule has 4 aromatic rings. The van der Waals surface area contributed by atoms with E-state index in [1.807, 2.05) is 121 Å². The molecule has 1 aliphatic carbocycles. The molecule has 1 amide bonds. The number of carbonyl (C=O) groups excluding carboxylic acids is 1. The van der Waals surface area contributed by atoms with Crippen LogP contribution in [0.5, 0.6) is 0 Å². The van der Waals surface area contributed by atoms with Crippen LogP contribution < -0.4 is 5.32 Å². The summed E-state index contributed by atoms with van der Waals surface area (Å²) in [5.41, 5.74) is 3.81. The number of nitrogens with one attached hydrogen (secondary N) is 1. The van der Waals surface area contributed by atoms with E-state index in [0.29, 0.717) is 19.6 Å². The van der Waals surface area contributed by atoms with E-state index in [1.54, 1.807) is 0 Å². The highest BCUT2D eigenvalue weighted by atomic mass is 16.7. The first-order valence-corrected chi connectivity index (χ1v) is 19.0. The van der Waals surface area contributed by atoms with Crippen LogP contribution in [0.4, 0.5) is 0 Å². The van der Waals surface area contributed by atoms with Crippen molar-refractivity contribution in [2.75, 3.05) is 20.3 Å². The number of rotatable bonds is 15. The fourth-order valence-corrected chi connectivity index (χ4v) is 7.70. The first kappa shape index (κ1) is 39.2. The van der Waals surface area contributed by atoms with Crippen molar-refractivity contribution in [2.24, 2.45) is 5.92 Å². The van der Waals surface area contributed by atoms with Crippen LogP contribution >= 0.6 is 0 Å². The molecule has 4 aromatic carbocycles. The van der Waals surface area contributed by atoms with Gasteiger partial charge in [-0.3, -0.25) is 4.79 Å². The molecule has 292 valence electrons. The number of ether oxygens (including phenoxy) is 8. The Morgan fingerprint density at radius 1 is 0.745 bits per heavy atom. The van der Waals surface area contributed by atoms with E-state index < -0.39 is 61.3 Å². The van der Waals surface area contributed by atoms with Gasteiger partial charge in [0.25, 0.3) is 0 Å². The molecule has 0 aromatic heterocycles. The van der Waals surface area contributed by atoms with Crippen molar-refractivity contribution in [3.63, 3.8) is 0 Å². The van der Waals surface area contributed by atoms with Crippen molar-refractivity contribution in [3.8, 4) is 0 Å². The predicted molar refractivity (Wildman–Crippen MR) is 202 cm³/mol. The average Bonchev–Trinajstić information content (AvgIpc) is 3.22. The smallest absolute Gasteiger partial charge is 0.217 e. The van der Waals surface area contributed by atoms with Crippen LogP contribution in [-0.2, 0) is 62.5 Å². The molecule has 2 N–H and O–H groups in total. The van der Waals surface area contributed by atoms with Gasteiger partial charge in [0.05, 0.1) is 45.2 Å². The summed E-state index contributed by atoms with van der Waals surface area (Å²) in [6.45, 7) is 2.80. The van der Waals surface area contributed by atoms with Crippen molar-refractivity contribution >= 4 is 5.91 Å². The number of hydrogen-bond donors (Lipinski definition) is 2. The molecule has 2 heterocycles. The van der Waals surface area contributed by atoms with Crippen LogP contribution in [0.3, 0.4) is 0 Å². The molecule has 0 bridgehead atoms. The molecule has 0 spiro atoms. The van der Waals surface area contributed by atoms with Gasteiger partial charge in [-0.15, -0.1) is 0 Å². The molecule has 3 fully saturated rings. The summed E-state index contributed by atoms with van der Waals surface area (Å²) in [5, 5.41) is 15.3. The molecule has 2 aliphatic heterocycles. The van der Waals surface area contributed by atoms with Gasteiger partial charge in [-0.2, -0.15) is 0 Å². The number of methoxy groups -OCH3 is 1. The molecule has 11 atom stereocenters. The van der Waals surface area contributed by atoms with Gasteiger partial charge < -0.3 is 48.3 Å². The highest BCUT2D eigenvalue weighted by Crippen LogP contribution is 2.41. The summed E-state index contributed by atoms with van der Waals surface area (Å²) in [4.78, 5) is 12.6. The maximum atomic E-state index is 12.6. The Morgan fingerprint density at radius 3 is 1.89 bits per heavy atom. The van der Waals surface area contributed by atoms with Crippen LogP contribution in [0.2, 0.25) is 0 Å². The molecule has 1 saturated carbocycles. The second kappa shape index (κ2) is 19.2. The Hall–Kier alpha value is -4.01. The fourth-order valence-electron chi connectivity index (χ4n) is 7.70. The van der Waals surface area contributed by atoms with Crippen molar-refractivity contribution in [3.05, 3.63) is 144 Å². The Balaban J connectivity index is 1.18. The lowest BCUT2D eigenvalue weighted by Crippen LogP contribution is -2.67. The SMILES string of the molecule is CO[C@@H]1O[C@H](COCc2ccccc2)[C@@H](O[C@@H]2C[C@@H]3CO[C@@H](c4ccccc4)O[C@H]3[C@H](OCc3ccccc3)[C@H]2O)[C@H](OCc2ccccc2)[C@H]1NC(C)=O. The minimum Gasteiger partial charge on any atom is -0.388 e. The molecule has 2 saturated heterocycles. The first-order chi connectivity index (χ1) is 27.0. The molecule has 55 heavy (non-hydrogen) atoms. The maximum Gasteiger partial charge on any atom is 0.217 e. The normalized spacial score (nSPS) is 30.6. The third-order valence-corrected chi connectivity index (χ3v) is 10.4. The summed E-state index contributed by atoms with van der Waals surface area (Å²) >= 11 is 0. The van der Waals surface area contributed by atoms with E-state index in [1.165, 1.54) is 14.0 Å². The van der Waals surface area contributed by atoms with Gasteiger partial charge in [0, 0.05) is 25.5 Å². The van der Waals surface area contributed by atoms with Crippen LogP contribution in [0.25, 0.3) is 0 Å². The third-order valence-electron chi connectivity index (χ3n) is 10.4. The average molecular weight is 754 g/mol. The number of hydrogen-bond acceptors (Lipinski definition) is 10. The van der Waals surface area contributed by atoms with Gasteiger partial charge in [0.2, 0.25) is 5.91 Å². The predicted octanol–water partition coefficient (Wildman–Crippen LogP) is 5.50. The fraction of sp³-hybridized carbons (Fsp3) is 0.432. The van der Waals surface area contributed by atoms with E-state index >= 15 is 0 Å². The Bertz CT molecular complexity index is 1730. The summed E-state index contributed by atoms with van der Waals surface area (Å²) in [6, 6.07) is 38.5. The van der Waals surface area contributed by atoms with E-state index in [0.717, 1.165) is 22.3 Å². The van der Waals surface area contributed by atoms with Gasteiger partial charge in [0.1, 0.15) is 36.6 Å². The number of aliphatic hydroxyl groups is 1. The van der Waals surface area contributed by atoms with Crippen molar-refractivity contribution in [2.45, 2.75) is 94.5 Å². The van der Waals surface area contributed by atoms with Crippen LogP contribution in [0.1, 0.15) is 41.9 Å². The Morgan fingerprint density at radius 2 is 1.31 bits per heavy atom. The lowest BCUT2D eigenvalue weighted by atomic mass is 9.79. The van der Waals surface area contributed by atoms with E-state index in [2.05, 4.69) is 5.32 Å². The quantitative estimate of drug-likeness (QED) is 0.161. The van der Waals surface area contributed by atoms with Crippen molar-refractivity contribution < 1.29 is 47.8 Å². The summed E-state index contributed by atoms with van der Waals surface area (Å²) in [5.74, 6) is -0.436. The molecular weight excluding hydrogens is 702 g/mol. The minimum absolute atomic E-state index is 0.130. The van der Waals surface area contributed by atoms with E-state index in [-0.39, 0.29) is 31.6 Å². The summed E-state index contributed by atoms with van der Waals surface area (Å²) in [7, 11) is 1.53. The molecule has 3 aliphatic rings. The van der Waals surface area contributed by atoms with Crippen LogP contribution in [-0.4, -0.2) is 86.4 Å². The molecule has 7 rings (SSSR count). The number of fused-ring (bicyclic) bond motifs is 1. The third kappa shape index (κ3) is 10.1. The zero-order valence-corrected chi connectivity index (χ0v) is 31.3. The summed E-state index contributed by atoms with van der Waals surface area (Å²) in [6.07, 6.45) is -6.39. The maximum absolute atomic E-state index is 12.6. The largest absolute Gasteiger partial charge is 0.388 e. The number of benzene rings is 4. The van der Waals surface area contributed by atoms with Crippen LogP contribution in [0, 0.1) is 5.92 Å². The number of carbonyl (C=O) groups is 1. The Labute approximate surface area is 322 Å². The molecular formula is C44H51NO10.